The Bertz CT molecular complexity index is 917. The summed E-state index contributed by atoms with van der Waals surface area (Å²) in [6.45, 7) is 0.158. The van der Waals surface area contributed by atoms with Crippen LogP contribution in [-0.2, 0) is 11.8 Å². The summed E-state index contributed by atoms with van der Waals surface area (Å²) in [5, 5.41) is 12.6. The molecule has 0 spiro atoms. The van der Waals surface area contributed by atoms with Crippen LogP contribution >= 0.6 is 11.6 Å². The predicted molar refractivity (Wildman–Crippen MR) is 91.1 cm³/mol. The molecular formula is C15H14ClF3N6O3. The van der Waals surface area contributed by atoms with Crippen molar-refractivity contribution < 1.29 is 27.5 Å². The molecule has 1 N–H and O–H groups in total. The topological polar surface area (TPSA) is 102 Å². The van der Waals surface area contributed by atoms with Gasteiger partial charge in [-0.25, -0.2) is 4.68 Å². The van der Waals surface area contributed by atoms with Crippen LogP contribution in [0.25, 0.3) is 0 Å². The highest BCUT2D eigenvalue weighted by molar-refractivity contribution is 6.38. The molecule has 0 radical (unpaired) electrons. The average molecular weight is 419 g/mol. The molecule has 1 aromatic carbocycles. The Labute approximate surface area is 161 Å². The van der Waals surface area contributed by atoms with Crippen LogP contribution in [0.15, 0.2) is 12.1 Å². The summed E-state index contributed by atoms with van der Waals surface area (Å²) in [7, 11) is 1.48. The number of benzene rings is 1. The Morgan fingerprint density at radius 2 is 2.07 bits per heavy atom. The van der Waals surface area contributed by atoms with E-state index in [0.717, 1.165) is 17.0 Å². The number of carbonyl (C=O) groups is 2. The van der Waals surface area contributed by atoms with Crippen LogP contribution in [0.2, 0.25) is 5.02 Å². The second-order valence-electron chi connectivity index (χ2n) is 5.90. The standard InChI is InChI=1S/C15H14ClF3N6O3/c1-24-14(21-22-23-24)20-13(27)8-5-6-9(28-15(17,18)19)12(11(8)16)25-7-3-2-4-10(25)26/h5-6H,2-4,7H2,1H3,(H,20,21,23,27). The molecule has 3 rings (SSSR count). The number of hydrogen-bond donors (Lipinski definition) is 1. The number of nitrogens with zero attached hydrogens (tertiary/aromatic N) is 5. The van der Waals surface area contributed by atoms with Crippen molar-refractivity contribution in [3.8, 4) is 5.75 Å². The van der Waals surface area contributed by atoms with Crippen molar-refractivity contribution >= 4 is 35.1 Å². The van der Waals surface area contributed by atoms with E-state index in [1.807, 2.05) is 0 Å². The van der Waals surface area contributed by atoms with E-state index in [0.29, 0.717) is 12.8 Å². The van der Waals surface area contributed by atoms with Gasteiger partial charge in [-0.1, -0.05) is 16.7 Å². The van der Waals surface area contributed by atoms with E-state index in [1.54, 1.807) is 0 Å². The Kier molecular flexibility index (Phi) is 5.40. The van der Waals surface area contributed by atoms with Crippen molar-refractivity contribution in [2.45, 2.75) is 25.6 Å². The first-order chi connectivity index (χ1) is 13.2. The van der Waals surface area contributed by atoms with Crippen molar-refractivity contribution in [1.82, 2.24) is 20.2 Å². The Morgan fingerprint density at radius 1 is 1.32 bits per heavy atom. The van der Waals surface area contributed by atoms with E-state index in [4.69, 9.17) is 11.6 Å². The van der Waals surface area contributed by atoms with E-state index in [9.17, 15) is 22.8 Å². The second-order valence-corrected chi connectivity index (χ2v) is 6.28. The first-order valence-corrected chi connectivity index (χ1v) is 8.47. The molecular weight excluding hydrogens is 405 g/mol. The minimum atomic E-state index is -5.00. The number of halogens is 4. The summed E-state index contributed by atoms with van der Waals surface area (Å²) in [6, 6.07) is 2.01. The van der Waals surface area contributed by atoms with E-state index < -0.39 is 23.9 Å². The Balaban J connectivity index is 2.03. The zero-order valence-corrected chi connectivity index (χ0v) is 15.2. The van der Waals surface area contributed by atoms with E-state index >= 15 is 0 Å². The lowest BCUT2D eigenvalue weighted by molar-refractivity contribution is -0.274. The number of rotatable bonds is 4. The summed E-state index contributed by atoms with van der Waals surface area (Å²) < 4.78 is 43.6. The maximum atomic E-state index is 12.8. The molecule has 1 fully saturated rings. The fraction of sp³-hybridized carbons (Fsp3) is 0.400. The summed E-state index contributed by atoms with van der Waals surface area (Å²) in [6.07, 6.45) is -3.65. The van der Waals surface area contributed by atoms with Crippen molar-refractivity contribution in [3.63, 3.8) is 0 Å². The molecule has 2 aromatic rings. The molecule has 0 atom stereocenters. The number of nitrogens with one attached hydrogen (secondary N) is 1. The van der Waals surface area contributed by atoms with Gasteiger partial charge in [-0.15, -0.1) is 13.2 Å². The quantitative estimate of drug-likeness (QED) is 0.818. The van der Waals surface area contributed by atoms with Crippen LogP contribution in [0.1, 0.15) is 29.6 Å². The highest BCUT2D eigenvalue weighted by Gasteiger charge is 2.36. The van der Waals surface area contributed by atoms with Crippen LogP contribution < -0.4 is 15.0 Å². The second kappa shape index (κ2) is 7.62. The van der Waals surface area contributed by atoms with Crippen molar-refractivity contribution in [2.24, 2.45) is 7.05 Å². The average Bonchev–Trinajstić information content (AvgIpc) is 3.00. The van der Waals surface area contributed by atoms with Gasteiger partial charge in [0.1, 0.15) is 5.69 Å². The maximum absolute atomic E-state index is 12.8. The smallest absolute Gasteiger partial charge is 0.403 e. The van der Waals surface area contributed by atoms with Gasteiger partial charge in [0, 0.05) is 20.0 Å². The van der Waals surface area contributed by atoms with Crippen LogP contribution in [-0.4, -0.2) is 44.9 Å². The number of piperidine rings is 1. The minimum absolute atomic E-state index is 0.00674. The van der Waals surface area contributed by atoms with Crippen LogP contribution in [0, 0.1) is 0 Å². The van der Waals surface area contributed by atoms with Gasteiger partial charge in [-0.05, 0) is 35.4 Å². The van der Waals surface area contributed by atoms with Gasteiger partial charge in [-0.3, -0.25) is 14.9 Å². The number of alkyl halides is 3. The number of carbonyl (C=O) groups excluding carboxylic acids is 2. The molecule has 0 saturated carbocycles. The normalized spacial score (nSPS) is 14.9. The third-order valence-electron chi connectivity index (χ3n) is 3.99. The van der Waals surface area contributed by atoms with Crippen molar-refractivity contribution in [1.29, 1.82) is 0 Å². The summed E-state index contributed by atoms with van der Waals surface area (Å²) in [5.41, 5.74) is -0.458. The van der Waals surface area contributed by atoms with Gasteiger partial charge < -0.3 is 9.64 Å². The molecule has 0 unspecified atom stereocenters. The van der Waals surface area contributed by atoms with Gasteiger partial charge >= 0.3 is 6.36 Å². The first-order valence-electron chi connectivity index (χ1n) is 8.09. The van der Waals surface area contributed by atoms with Gasteiger partial charge in [0.25, 0.3) is 5.91 Å². The lowest BCUT2D eigenvalue weighted by atomic mass is 10.1. The lowest BCUT2D eigenvalue weighted by Crippen LogP contribution is -2.36. The zero-order valence-electron chi connectivity index (χ0n) is 14.5. The maximum Gasteiger partial charge on any atom is 0.573 e. The molecule has 1 aromatic heterocycles. The van der Waals surface area contributed by atoms with E-state index in [2.05, 4.69) is 25.6 Å². The van der Waals surface area contributed by atoms with Gasteiger partial charge in [-0.2, -0.15) is 0 Å². The fourth-order valence-electron chi connectivity index (χ4n) is 2.73. The molecule has 1 aliphatic rings. The van der Waals surface area contributed by atoms with Crippen molar-refractivity contribution in [2.75, 3.05) is 16.8 Å². The largest absolute Gasteiger partial charge is 0.573 e. The molecule has 2 amide bonds. The number of ether oxygens (including phenoxy) is 1. The van der Waals surface area contributed by atoms with E-state index in [1.165, 1.54) is 11.7 Å². The highest BCUT2D eigenvalue weighted by Crippen LogP contribution is 2.42. The summed E-state index contributed by atoms with van der Waals surface area (Å²) in [5.74, 6) is -1.82. The van der Waals surface area contributed by atoms with E-state index in [-0.39, 0.29) is 35.2 Å². The molecule has 13 heteroatoms. The highest BCUT2D eigenvalue weighted by atomic mass is 35.5. The third kappa shape index (κ3) is 4.16. The lowest BCUT2D eigenvalue weighted by Gasteiger charge is -2.30. The molecule has 150 valence electrons. The molecule has 0 aliphatic carbocycles. The summed E-state index contributed by atoms with van der Waals surface area (Å²) >= 11 is 6.26. The van der Waals surface area contributed by atoms with Crippen LogP contribution in [0.5, 0.6) is 5.75 Å². The van der Waals surface area contributed by atoms with Gasteiger partial charge in [0.2, 0.25) is 11.9 Å². The van der Waals surface area contributed by atoms with Crippen molar-refractivity contribution in [3.05, 3.63) is 22.7 Å². The number of hydrogen-bond acceptors (Lipinski definition) is 6. The SMILES string of the molecule is Cn1nnnc1NC(=O)c1ccc(OC(F)(F)F)c(N2CCCCC2=O)c1Cl. The molecule has 1 saturated heterocycles. The first kappa shape index (κ1) is 19.9. The van der Waals surface area contributed by atoms with Gasteiger partial charge in [0.05, 0.1) is 10.6 Å². The number of amides is 2. The molecule has 9 nitrogen and oxygen atoms in total. The Hall–Kier alpha value is -2.89. The van der Waals surface area contributed by atoms with Gasteiger partial charge in [0.15, 0.2) is 5.75 Å². The number of aromatic nitrogens is 4. The van der Waals surface area contributed by atoms with Crippen LogP contribution in [0.4, 0.5) is 24.8 Å². The van der Waals surface area contributed by atoms with Crippen LogP contribution in [0.3, 0.4) is 0 Å². The fourth-order valence-corrected chi connectivity index (χ4v) is 3.07. The monoisotopic (exact) mass is 418 g/mol. The third-order valence-corrected chi connectivity index (χ3v) is 4.37. The zero-order chi connectivity index (χ0) is 20.5. The molecule has 2 heterocycles. The summed E-state index contributed by atoms with van der Waals surface area (Å²) in [4.78, 5) is 25.9. The Morgan fingerprint density at radius 3 is 2.68 bits per heavy atom. The molecule has 28 heavy (non-hydrogen) atoms. The number of aryl methyl sites for hydroxylation is 1. The molecule has 0 bridgehead atoms. The number of tetrazole rings is 1. The predicted octanol–water partition coefficient (Wildman–Crippen LogP) is 2.53. The molecule has 1 aliphatic heterocycles. The number of anilines is 2. The minimum Gasteiger partial charge on any atom is -0.403 e.